The molecule has 0 bridgehead atoms. The molecule has 1 aliphatic rings. The summed E-state index contributed by atoms with van der Waals surface area (Å²) < 4.78 is 27.8. The summed E-state index contributed by atoms with van der Waals surface area (Å²) in [6.07, 6.45) is 3.31. The summed E-state index contributed by atoms with van der Waals surface area (Å²) in [6, 6.07) is 7.67. The Bertz CT molecular complexity index is 761. The molecule has 2 aromatic heterocycles. The van der Waals surface area contributed by atoms with Crippen LogP contribution in [0.5, 0.6) is 0 Å². The zero-order chi connectivity index (χ0) is 16.4. The maximum absolute atomic E-state index is 12.4. The van der Waals surface area contributed by atoms with Crippen molar-refractivity contribution >= 4 is 21.4 Å². The third-order valence-electron chi connectivity index (χ3n) is 4.14. The molecule has 0 amide bonds. The molecule has 1 aliphatic heterocycles. The molecule has 6 nitrogen and oxygen atoms in total. The molecule has 1 saturated heterocycles. The molecule has 0 radical (unpaired) electrons. The van der Waals surface area contributed by atoms with Crippen LogP contribution in [0.2, 0.25) is 0 Å². The molecule has 3 atom stereocenters. The van der Waals surface area contributed by atoms with E-state index < -0.39 is 10.0 Å². The highest BCUT2D eigenvalue weighted by Gasteiger charge is 2.32. The van der Waals surface area contributed by atoms with E-state index in [1.165, 1.54) is 11.3 Å². The number of aromatic nitrogens is 1. The standard InChI is InChI=1S/C15H20N4O2S2/c1-10-11(2)18-19-15(10)13-5-6-14(22-13)23(20,21)17-9-12-4-3-7-16-8-12/h3-8,10-11,15,17-19H,9H2,1-2H3. The summed E-state index contributed by atoms with van der Waals surface area (Å²) in [5, 5.41) is 0. The minimum absolute atomic E-state index is 0.136. The lowest BCUT2D eigenvalue weighted by molar-refractivity contribution is 0.481. The quantitative estimate of drug-likeness (QED) is 0.764. The van der Waals surface area contributed by atoms with Crippen LogP contribution in [-0.4, -0.2) is 19.4 Å². The van der Waals surface area contributed by atoms with Crippen LogP contribution in [-0.2, 0) is 16.6 Å². The Hall–Kier alpha value is -1.32. The fourth-order valence-electron chi connectivity index (χ4n) is 2.50. The Morgan fingerprint density at radius 2 is 2.09 bits per heavy atom. The highest BCUT2D eigenvalue weighted by atomic mass is 32.2. The Kier molecular flexibility index (Phi) is 4.79. The maximum atomic E-state index is 12.4. The second-order valence-electron chi connectivity index (χ2n) is 5.76. The van der Waals surface area contributed by atoms with Gasteiger partial charge in [0.1, 0.15) is 4.21 Å². The molecule has 23 heavy (non-hydrogen) atoms. The second-order valence-corrected chi connectivity index (χ2v) is 8.87. The number of nitrogens with zero attached hydrogens (tertiary/aromatic N) is 1. The van der Waals surface area contributed by atoms with E-state index in [0.29, 0.717) is 16.2 Å². The van der Waals surface area contributed by atoms with Crippen LogP contribution in [0.3, 0.4) is 0 Å². The lowest BCUT2D eigenvalue weighted by atomic mass is 9.97. The Balaban J connectivity index is 1.71. The van der Waals surface area contributed by atoms with E-state index in [1.54, 1.807) is 24.5 Å². The fraction of sp³-hybridized carbons (Fsp3) is 0.400. The van der Waals surface area contributed by atoms with Gasteiger partial charge in [-0.3, -0.25) is 10.4 Å². The minimum atomic E-state index is -3.51. The van der Waals surface area contributed by atoms with Gasteiger partial charge in [0, 0.05) is 29.9 Å². The number of hydrogen-bond donors (Lipinski definition) is 3. The van der Waals surface area contributed by atoms with Crippen molar-refractivity contribution in [3.8, 4) is 0 Å². The fourth-order valence-corrected chi connectivity index (χ4v) is 5.06. The molecular weight excluding hydrogens is 332 g/mol. The van der Waals surface area contributed by atoms with Crippen LogP contribution in [0.15, 0.2) is 40.9 Å². The minimum Gasteiger partial charge on any atom is -0.264 e. The first-order valence-electron chi connectivity index (χ1n) is 7.47. The van der Waals surface area contributed by atoms with Crippen LogP contribution in [0.4, 0.5) is 0 Å². The molecule has 3 heterocycles. The van der Waals surface area contributed by atoms with Gasteiger partial charge < -0.3 is 0 Å². The zero-order valence-electron chi connectivity index (χ0n) is 13.0. The molecule has 0 saturated carbocycles. The lowest BCUT2D eigenvalue weighted by Gasteiger charge is -2.14. The van der Waals surface area contributed by atoms with Gasteiger partial charge >= 0.3 is 0 Å². The summed E-state index contributed by atoms with van der Waals surface area (Å²) in [5.74, 6) is 0.396. The average Bonchev–Trinajstić information content (AvgIpc) is 3.15. The summed E-state index contributed by atoms with van der Waals surface area (Å²) in [7, 11) is -3.51. The summed E-state index contributed by atoms with van der Waals surface area (Å²) in [4.78, 5) is 5.01. The third-order valence-corrected chi connectivity index (χ3v) is 7.20. The van der Waals surface area contributed by atoms with Crippen molar-refractivity contribution in [2.45, 2.75) is 36.7 Å². The van der Waals surface area contributed by atoms with Gasteiger partial charge in [0.2, 0.25) is 10.0 Å². The highest BCUT2D eigenvalue weighted by Crippen LogP contribution is 2.34. The normalized spacial score (nSPS) is 24.9. The summed E-state index contributed by atoms with van der Waals surface area (Å²) in [6.45, 7) is 4.50. The summed E-state index contributed by atoms with van der Waals surface area (Å²) >= 11 is 1.31. The van der Waals surface area contributed by atoms with Crippen LogP contribution in [0, 0.1) is 5.92 Å². The molecule has 124 valence electrons. The zero-order valence-corrected chi connectivity index (χ0v) is 14.6. The van der Waals surface area contributed by atoms with Crippen molar-refractivity contribution in [3.05, 3.63) is 47.1 Å². The average molecular weight is 352 g/mol. The predicted molar refractivity (Wildman–Crippen MR) is 90.2 cm³/mol. The van der Waals surface area contributed by atoms with Crippen LogP contribution in [0.25, 0.3) is 0 Å². The lowest BCUT2D eigenvalue weighted by Crippen LogP contribution is -2.28. The first-order chi connectivity index (χ1) is 11.0. The number of sulfonamides is 1. The SMILES string of the molecule is CC1NNC(c2ccc(S(=O)(=O)NCc3cccnc3)s2)C1C. The van der Waals surface area contributed by atoms with Gasteiger partial charge in [0.05, 0.1) is 6.04 Å². The third kappa shape index (κ3) is 3.61. The number of hydrogen-bond acceptors (Lipinski definition) is 6. The molecule has 3 unspecified atom stereocenters. The molecule has 0 spiro atoms. The van der Waals surface area contributed by atoms with Gasteiger partial charge in [-0.05, 0) is 36.6 Å². The van der Waals surface area contributed by atoms with E-state index in [4.69, 9.17) is 0 Å². The van der Waals surface area contributed by atoms with E-state index in [2.05, 4.69) is 34.4 Å². The van der Waals surface area contributed by atoms with Crippen molar-refractivity contribution in [3.63, 3.8) is 0 Å². The highest BCUT2D eigenvalue weighted by molar-refractivity contribution is 7.91. The van der Waals surface area contributed by atoms with Gasteiger partial charge in [-0.25, -0.2) is 18.6 Å². The number of nitrogens with one attached hydrogen (secondary N) is 3. The topological polar surface area (TPSA) is 83.1 Å². The van der Waals surface area contributed by atoms with E-state index in [9.17, 15) is 8.42 Å². The predicted octanol–water partition coefficient (Wildman–Crippen LogP) is 1.80. The van der Waals surface area contributed by atoms with Gasteiger partial charge in [0.25, 0.3) is 0 Å². The van der Waals surface area contributed by atoms with Gasteiger partial charge in [-0.1, -0.05) is 13.0 Å². The van der Waals surface area contributed by atoms with Crippen molar-refractivity contribution in [1.82, 2.24) is 20.6 Å². The molecule has 0 aliphatic carbocycles. The Labute approximate surface area is 140 Å². The monoisotopic (exact) mass is 352 g/mol. The molecule has 8 heteroatoms. The number of hydrazine groups is 1. The smallest absolute Gasteiger partial charge is 0.250 e. The Morgan fingerprint density at radius 3 is 2.74 bits per heavy atom. The number of rotatable bonds is 5. The first-order valence-corrected chi connectivity index (χ1v) is 9.77. The van der Waals surface area contributed by atoms with Gasteiger partial charge in [0.15, 0.2) is 0 Å². The number of thiophene rings is 1. The van der Waals surface area contributed by atoms with E-state index in [1.807, 2.05) is 12.1 Å². The van der Waals surface area contributed by atoms with Crippen LogP contribution >= 0.6 is 11.3 Å². The van der Waals surface area contributed by atoms with E-state index >= 15 is 0 Å². The van der Waals surface area contributed by atoms with E-state index in [-0.39, 0.29) is 12.6 Å². The molecule has 3 rings (SSSR count). The number of pyridine rings is 1. The Morgan fingerprint density at radius 1 is 1.26 bits per heavy atom. The van der Waals surface area contributed by atoms with Crippen molar-refractivity contribution in [2.75, 3.05) is 0 Å². The molecular formula is C15H20N4O2S2. The van der Waals surface area contributed by atoms with Crippen molar-refractivity contribution < 1.29 is 8.42 Å². The van der Waals surface area contributed by atoms with Crippen LogP contribution < -0.4 is 15.6 Å². The van der Waals surface area contributed by atoms with E-state index in [0.717, 1.165) is 10.4 Å². The van der Waals surface area contributed by atoms with Gasteiger partial charge in [-0.15, -0.1) is 11.3 Å². The second kappa shape index (κ2) is 6.66. The van der Waals surface area contributed by atoms with Crippen molar-refractivity contribution in [1.29, 1.82) is 0 Å². The molecule has 2 aromatic rings. The largest absolute Gasteiger partial charge is 0.264 e. The molecule has 3 N–H and O–H groups in total. The van der Waals surface area contributed by atoms with Crippen LogP contribution in [0.1, 0.15) is 30.3 Å². The first kappa shape index (κ1) is 16.5. The maximum Gasteiger partial charge on any atom is 0.250 e. The molecule has 0 aromatic carbocycles. The van der Waals surface area contributed by atoms with Crippen molar-refractivity contribution in [2.24, 2.45) is 5.92 Å². The van der Waals surface area contributed by atoms with Gasteiger partial charge in [-0.2, -0.15) is 0 Å². The summed E-state index contributed by atoms with van der Waals surface area (Å²) in [5.41, 5.74) is 7.26. The molecule has 1 fully saturated rings.